The number of nitrogens with one attached hydrogen (secondary N) is 1. The van der Waals surface area contributed by atoms with Crippen LogP contribution in [0.2, 0.25) is 0 Å². The Bertz CT molecular complexity index is 1090. The highest BCUT2D eigenvalue weighted by molar-refractivity contribution is 7.91. The highest BCUT2D eigenvalue weighted by atomic mass is 32.2. The minimum absolute atomic E-state index is 0.0154. The van der Waals surface area contributed by atoms with Gasteiger partial charge in [-0.1, -0.05) is 5.10 Å². The standard InChI is InChI=1S/C18H18FN3O5S/c1-11-10-15(12(2)26-11)17-21-22-18(27-17)20-16(23)4-3-9-28(24,25)14-7-5-13(19)6-8-14/h5-8,10H,3-4,9H2,1-2H3,(H,20,22,23). The summed E-state index contributed by atoms with van der Waals surface area (Å²) in [5, 5.41) is 10.1. The molecule has 3 aromatic rings. The number of anilines is 1. The first kappa shape index (κ1) is 19.7. The number of sulfone groups is 1. The number of aryl methyl sites for hydroxylation is 2. The molecule has 0 spiro atoms. The molecule has 0 saturated heterocycles. The molecule has 8 nitrogen and oxygen atoms in total. The fourth-order valence-corrected chi connectivity index (χ4v) is 3.90. The molecule has 3 rings (SSSR count). The Morgan fingerprint density at radius 3 is 2.50 bits per heavy atom. The zero-order valence-electron chi connectivity index (χ0n) is 15.2. The van der Waals surface area contributed by atoms with Crippen molar-refractivity contribution in [1.29, 1.82) is 0 Å². The average Bonchev–Trinajstić information content (AvgIpc) is 3.20. The Morgan fingerprint density at radius 1 is 1.14 bits per heavy atom. The highest BCUT2D eigenvalue weighted by Gasteiger charge is 2.18. The second kappa shape index (κ2) is 7.93. The predicted octanol–water partition coefficient (Wildman–Crippen LogP) is 3.28. The van der Waals surface area contributed by atoms with Gasteiger partial charge in [-0.3, -0.25) is 10.1 Å². The van der Waals surface area contributed by atoms with E-state index in [2.05, 4.69) is 15.5 Å². The van der Waals surface area contributed by atoms with Crippen LogP contribution in [0.15, 0.2) is 44.1 Å². The Hall–Kier alpha value is -3.01. The summed E-state index contributed by atoms with van der Waals surface area (Å²) in [4.78, 5) is 12.0. The summed E-state index contributed by atoms with van der Waals surface area (Å²) in [7, 11) is -3.59. The summed E-state index contributed by atoms with van der Waals surface area (Å²) in [6, 6.07) is 6.22. The number of nitrogens with zero attached hydrogens (tertiary/aromatic N) is 2. The second-order valence-corrected chi connectivity index (χ2v) is 8.27. The zero-order valence-corrected chi connectivity index (χ0v) is 16.0. The summed E-state index contributed by atoms with van der Waals surface area (Å²) < 4.78 is 48.0. The van der Waals surface area contributed by atoms with Crippen molar-refractivity contribution < 1.29 is 26.4 Å². The van der Waals surface area contributed by atoms with Crippen LogP contribution in [0, 0.1) is 19.7 Å². The van der Waals surface area contributed by atoms with Crippen LogP contribution >= 0.6 is 0 Å². The van der Waals surface area contributed by atoms with Crippen molar-refractivity contribution in [2.45, 2.75) is 31.6 Å². The quantitative estimate of drug-likeness (QED) is 0.598. The monoisotopic (exact) mass is 407 g/mol. The van der Waals surface area contributed by atoms with Crippen LogP contribution in [0.1, 0.15) is 24.4 Å². The fraction of sp³-hybridized carbons (Fsp3) is 0.278. The number of halogens is 1. The van der Waals surface area contributed by atoms with Gasteiger partial charge in [0, 0.05) is 6.42 Å². The fourth-order valence-electron chi connectivity index (χ4n) is 2.59. The molecule has 148 valence electrons. The van der Waals surface area contributed by atoms with E-state index in [0.29, 0.717) is 17.1 Å². The average molecular weight is 407 g/mol. The maximum atomic E-state index is 12.9. The molecule has 0 bridgehead atoms. The van der Waals surface area contributed by atoms with Crippen LogP contribution in [-0.2, 0) is 14.6 Å². The van der Waals surface area contributed by atoms with Gasteiger partial charge < -0.3 is 8.83 Å². The van der Waals surface area contributed by atoms with Gasteiger partial charge in [-0.2, -0.15) is 0 Å². The number of amides is 1. The number of hydrogen-bond acceptors (Lipinski definition) is 7. The van der Waals surface area contributed by atoms with E-state index in [-0.39, 0.29) is 35.4 Å². The molecule has 1 N–H and O–H groups in total. The number of carbonyl (C=O) groups is 1. The minimum atomic E-state index is -3.59. The number of hydrogen-bond donors (Lipinski definition) is 1. The van der Waals surface area contributed by atoms with Crippen molar-refractivity contribution in [3.05, 3.63) is 47.7 Å². The molecular formula is C18H18FN3O5S. The van der Waals surface area contributed by atoms with Gasteiger partial charge in [-0.25, -0.2) is 12.8 Å². The summed E-state index contributed by atoms with van der Waals surface area (Å²) in [6.45, 7) is 3.54. The van der Waals surface area contributed by atoms with E-state index in [1.54, 1.807) is 19.9 Å². The third-order valence-corrected chi connectivity index (χ3v) is 5.75. The Kier molecular flexibility index (Phi) is 5.59. The lowest BCUT2D eigenvalue weighted by molar-refractivity contribution is -0.116. The first-order valence-corrected chi connectivity index (χ1v) is 10.1. The topological polar surface area (TPSA) is 115 Å². The van der Waals surface area contributed by atoms with Crippen LogP contribution in [0.3, 0.4) is 0 Å². The van der Waals surface area contributed by atoms with Gasteiger partial charge in [-0.05, 0) is 50.6 Å². The molecule has 0 radical (unpaired) electrons. The van der Waals surface area contributed by atoms with E-state index < -0.39 is 21.6 Å². The molecule has 0 unspecified atom stereocenters. The summed E-state index contributed by atoms with van der Waals surface area (Å²) in [6.07, 6.45) is 0.0363. The van der Waals surface area contributed by atoms with E-state index in [1.165, 1.54) is 12.1 Å². The number of benzene rings is 1. The minimum Gasteiger partial charge on any atom is -0.466 e. The zero-order chi connectivity index (χ0) is 20.3. The van der Waals surface area contributed by atoms with Crippen molar-refractivity contribution in [2.75, 3.05) is 11.1 Å². The molecule has 28 heavy (non-hydrogen) atoms. The van der Waals surface area contributed by atoms with Crippen molar-refractivity contribution in [2.24, 2.45) is 0 Å². The van der Waals surface area contributed by atoms with Gasteiger partial charge in [0.1, 0.15) is 17.3 Å². The lowest BCUT2D eigenvalue weighted by Crippen LogP contribution is -2.14. The van der Waals surface area contributed by atoms with Crippen LogP contribution in [0.25, 0.3) is 11.5 Å². The van der Waals surface area contributed by atoms with Gasteiger partial charge >= 0.3 is 6.01 Å². The van der Waals surface area contributed by atoms with E-state index in [4.69, 9.17) is 8.83 Å². The van der Waals surface area contributed by atoms with Crippen molar-refractivity contribution in [3.8, 4) is 11.5 Å². The maximum Gasteiger partial charge on any atom is 0.322 e. The van der Waals surface area contributed by atoms with Crippen LogP contribution in [0.4, 0.5) is 10.4 Å². The van der Waals surface area contributed by atoms with Crippen LogP contribution in [-0.4, -0.2) is 30.3 Å². The second-order valence-electron chi connectivity index (χ2n) is 6.16. The Morgan fingerprint density at radius 2 is 1.86 bits per heavy atom. The number of aromatic nitrogens is 2. The third-order valence-electron chi connectivity index (χ3n) is 3.93. The van der Waals surface area contributed by atoms with E-state index in [9.17, 15) is 17.6 Å². The van der Waals surface area contributed by atoms with Gasteiger partial charge in [0.15, 0.2) is 9.84 Å². The molecular weight excluding hydrogens is 389 g/mol. The Balaban J connectivity index is 1.54. The molecule has 0 aliphatic carbocycles. The number of carbonyl (C=O) groups excluding carboxylic acids is 1. The van der Waals surface area contributed by atoms with Gasteiger partial charge in [-0.15, -0.1) is 5.10 Å². The normalized spacial score (nSPS) is 11.5. The maximum absolute atomic E-state index is 12.9. The van der Waals surface area contributed by atoms with Gasteiger partial charge in [0.2, 0.25) is 5.91 Å². The number of furan rings is 1. The molecule has 10 heteroatoms. The van der Waals surface area contributed by atoms with E-state index >= 15 is 0 Å². The largest absolute Gasteiger partial charge is 0.466 e. The molecule has 0 fully saturated rings. The molecule has 1 amide bonds. The third kappa shape index (κ3) is 4.63. The van der Waals surface area contributed by atoms with Crippen molar-refractivity contribution in [3.63, 3.8) is 0 Å². The molecule has 1 aromatic carbocycles. The van der Waals surface area contributed by atoms with E-state index in [1.807, 2.05) is 0 Å². The van der Waals surface area contributed by atoms with Crippen molar-refractivity contribution >= 4 is 21.8 Å². The van der Waals surface area contributed by atoms with Crippen molar-refractivity contribution in [1.82, 2.24) is 10.2 Å². The molecule has 0 aliphatic heterocycles. The number of rotatable bonds is 7. The first-order chi connectivity index (χ1) is 13.2. The van der Waals surface area contributed by atoms with Gasteiger partial charge in [0.25, 0.3) is 5.89 Å². The summed E-state index contributed by atoms with van der Waals surface area (Å²) >= 11 is 0. The van der Waals surface area contributed by atoms with Gasteiger partial charge in [0.05, 0.1) is 16.2 Å². The molecule has 0 aliphatic rings. The summed E-state index contributed by atoms with van der Waals surface area (Å²) in [5.41, 5.74) is 0.635. The van der Waals surface area contributed by atoms with Crippen LogP contribution < -0.4 is 5.32 Å². The SMILES string of the molecule is Cc1cc(-c2nnc(NC(=O)CCCS(=O)(=O)c3ccc(F)cc3)o2)c(C)o1. The molecule has 2 aromatic heterocycles. The van der Waals surface area contributed by atoms with Crippen LogP contribution in [0.5, 0.6) is 0 Å². The Labute approximate surface area is 160 Å². The van der Waals surface area contributed by atoms with E-state index in [0.717, 1.165) is 12.1 Å². The highest BCUT2D eigenvalue weighted by Crippen LogP contribution is 2.26. The molecule has 0 saturated carbocycles. The molecule has 2 heterocycles. The predicted molar refractivity (Wildman–Crippen MR) is 97.8 cm³/mol. The summed E-state index contributed by atoms with van der Waals surface area (Å²) in [5.74, 6) is 0.309. The lowest BCUT2D eigenvalue weighted by atomic mass is 10.2. The lowest BCUT2D eigenvalue weighted by Gasteiger charge is -2.04. The molecule has 0 atom stereocenters. The smallest absolute Gasteiger partial charge is 0.322 e. The first-order valence-electron chi connectivity index (χ1n) is 8.44.